The molecule has 1 heterocycles. The standard InChI is InChI=1S/C29H28F3N5O3/c1-37(2)20-7-5-6-19(15-20)21-8-3-4-9-22(21)26(29(30,31)32)40-25-16-24(35-28(34)36-25)18-12-10-17(11-13-18)14-23(33)27(38)39/h3-13,15-16,23,26H,14,33H2,1-2H3,(H,38,39)(H2,34,35,36)/t23?,26-/m0/s1. The molecule has 0 bridgehead atoms. The Bertz CT molecular complexity index is 1490. The number of nitrogens with two attached hydrogens (primary N) is 2. The van der Waals surface area contributed by atoms with Gasteiger partial charge in [0.1, 0.15) is 6.04 Å². The summed E-state index contributed by atoms with van der Waals surface area (Å²) in [5, 5.41) is 9.01. The Morgan fingerprint density at radius 2 is 1.68 bits per heavy atom. The summed E-state index contributed by atoms with van der Waals surface area (Å²) in [6.45, 7) is 0. The SMILES string of the molecule is CN(C)c1cccc(-c2ccccc2[C@H](Oc2cc(-c3ccc(CC(N)C(=O)O)cc3)nc(N)n2)C(F)(F)F)c1. The molecule has 0 amide bonds. The van der Waals surface area contributed by atoms with Crippen LogP contribution < -0.4 is 21.1 Å². The number of carbonyl (C=O) groups is 1. The van der Waals surface area contributed by atoms with E-state index in [0.717, 1.165) is 5.69 Å². The molecule has 1 unspecified atom stereocenters. The van der Waals surface area contributed by atoms with Crippen LogP contribution in [-0.4, -0.2) is 47.4 Å². The number of nitrogens with zero attached hydrogens (tertiary/aromatic N) is 3. The van der Waals surface area contributed by atoms with Gasteiger partial charge in [-0.3, -0.25) is 4.79 Å². The van der Waals surface area contributed by atoms with Crippen LogP contribution >= 0.6 is 0 Å². The molecule has 0 saturated carbocycles. The third-order valence-electron chi connectivity index (χ3n) is 6.20. The number of alkyl halides is 3. The first-order valence-electron chi connectivity index (χ1n) is 12.2. The summed E-state index contributed by atoms with van der Waals surface area (Å²) < 4.78 is 48.9. The average Bonchev–Trinajstić information content (AvgIpc) is 2.91. The number of carboxylic acids is 1. The van der Waals surface area contributed by atoms with Crippen molar-refractivity contribution in [2.75, 3.05) is 24.7 Å². The number of hydrogen-bond acceptors (Lipinski definition) is 7. The molecule has 1 aromatic heterocycles. The van der Waals surface area contributed by atoms with Crippen molar-refractivity contribution in [3.63, 3.8) is 0 Å². The van der Waals surface area contributed by atoms with Gasteiger partial charge < -0.3 is 26.2 Å². The molecular weight excluding hydrogens is 523 g/mol. The molecule has 0 fully saturated rings. The monoisotopic (exact) mass is 551 g/mol. The fourth-order valence-electron chi connectivity index (χ4n) is 4.17. The van der Waals surface area contributed by atoms with Crippen molar-refractivity contribution in [2.45, 2.75) is 24.7 Å². The molecule has 40 heavy (non-hydrogen) atoms. The molecule has 0 spiro atoms. The molecule has 11 heteroatoms. The van der Waals surface area contributed by atoms with Crippen molar-refractivity contribution in [1.82, 2.24) is 9.97 Å². The number of aromatic nitrogens is 2. The van der Waals surface area contributed by atoms with Crippen LogP contribution in [0.25, 0.3) is 22.4 Å². The van der Waals surface area contributed by atoms with Crippen LogP contribution in [0, 0.1) is 0 Å². The second-order valence-corrected chi connectivity index (χ2v) is 9.37. The molecule has 0 saturated heterocycles. The smallest absolute Gasteiger partial charge is 0.429 e. The molecule has 4 rings (SSSR count). The summed E-state index contributed by atoms with van der Waals surface area (Å²) in [7, 11) is 3.70. The zero-order valence-corrected chi connectivity index (χ0v) is 21.8. The molecule has 8 nitrogen and oxygen atoms in total. The van der Waals surface area contributed by atoms with Crippen LogP contribution in [0.2, 0.25) is 0 Å². The van der Waals surface area contributed by atoms with Crippen molar-refractivity contribution in [2.24, 2.45) is 5.73 Å². The van der Waals surface area contributed by atoms with Crippen LogP contribution in [0.4, 0.5) is 24.8 Å². The highest BCUT2D eigenvalue weighted by Crippen LogP contribution is 2.41. The van der Waals surface area contributed by atoms with E-state index in [1.54, 1.807) is 54.6 Å². The van der Waals surface area contributed by atoms with Crippen LogP contribution in [0.1, 0.15) is 17.2 Å². The second-order valence-electron chi connectivity index (χ2n) is 9.37. The first-order chi connectivity index (χ1) is 18.9. The molecule has 0 aliphatic carbocycles. The molecule has 208 valence electrons. The highest BCUT2D eigenvalue weighted by Gasteiger charge is 2.44. The van der Waals surface area contributed by atoms with Crippen LogP contribution in [0.3, 0.4) is 0 Å². The molecule has 3 aromatic carbocycles. The number of benzene rings is 3. The zero-order chi connectivity index (χ0) is 29.0. The Hall–Kier alpha value is -4.64. The van der Waals surface area contributed by atoms with E-state index in [1.807, 2.05) is 25.1 Å². The third kappa shape index (κ3) is 6.67. The van der Waals surface area contributed by atoms with Crippen molar-refractivity contribution in [3.05, 3.63) is 90.0 Å². The lowest BCUT2D eigenvalue weighted by Crippen LogP contribution is -2.32. The van der Waals surface area contributed by atoms with Gasteiger partial charge in [-0.25, -0.2) is 4.98 Å². The van der Waals surface area contributed by atoms with Gasteiger partial charge in [0.05, 0.1) is 5.69 Å². The second kappa shape index (κ2) is 11.6. The van der Waals surface area contributed by atoms with Crippen molar-refractivity contribution in [3.8, 4) is 28.3 Å². The summed E-state index contributed by atoms with van der Waals surface area (Å²) >= 11 is 0. The predicted octanol–water partition coefficient (Wildman–Crippen LogP) is 5.10. The largest absolute Gasteiger partial charge is 0.480 e. The minimum atomic E-state index is -4.78. The number of anilines is 2. The number of carboxylic acid groups (broad SMARTS) is 1. The van der Waals surface area contributed by atoms with E-state index in [0.29, 0.717) is 22.3 Å². The molecule has 5 N–H and O–H groups in total. The predicted molar refractivity (Wildman–Crippen MR) is 147 cm³/mol. The molecule has 0 aliphatic heterocycles. The lowest BCUT2D eigenvalue weighted by Gasteiger charge is -2.24. The van der Waals surface area contributed by atoms with Gasteiger partial charge in [-0.05, 0) is 35.2 Å². The highest BCUT2D eigenvalue weighted by atomic mass is 19.4. The van der Waals surface area contributed by atoms with Crippen molar-refractivity contribution >= 4 is 17.6 Å². The normalized spacial score (nSPS) is 12.9. The van der Waals surface area contributed by atoms with Gasteiger partial charge in [0.15, 0.2) is 0 Å². The van der Waals surface area contributed by atoms with Gasteiger partial charge in [-0.2, -0.15) is 18.2 Å². The fourth-order valence-corrected chi connectivity index (χ4v) is 4.17. The quantitative estimate of drug-likeness (QED) is 0.262. The fraction of sp³-hybridized carbons (Fsp3) is 0.207. The Kier molecular flexibility index (Phi) is 8.24. The number of ether oxygens (including phenoxy) is 1. The summed E-state index contributed by atoms with van der Waals surface area (Å²) in [5.41, 5.74) is 14.6. The van der Waals surface area contributed by atoms with Crippen LogP contribution in [-0.2, 0) is 11.2 Å². The number of rotatable bonds is 9. The molecule has 0 aliphatic rings. The maximum absolute atomic E-state index is 14.5. The van der Waals surface area contributed by atoms with E-state index in [9.17, 15) is 18.0 Å². The van der Waals surface area contributed by atoms with Gasteiger partial charge in [0, 0.05) is 37.0 Å². The highest BCUT2D eigenvalue weighted by molar-refractivity contribution is 5.74. The van der Waals surface area contributed by atoms with Crippen LogP contribution in [0.5, 0.6) is 5.88 Å². The van der Waals surface area contributed by atoms with E-state index < -0.39 is 24.3 Å². The van der Waals surface area contributed by atoms with Crippen molar-refractivity contribution < 1.29 is 27.8 Å². The van der Waals surface area contributed by atoms with Gasteiger partial charge >= 0.3 is 12.1 Å². The number of aliphatic carboxylic acids is 1. The van der Waals surface area contributed by atoms with Gasteiger partial charge in [-0.1, -0.05) is 60.7 Å². The topological polar surface area (TPSA) is 128 Å². The molecular formula is C29H28F3N5O3. The van der Waals surface area contributed by atoms with Crippen molar-refractivity contribution in [1.29, 1.82) is 0 Å². The first kappa shape index (κ1) is 28.4. The van der Waals surface area contributed by atoms with E-state index in [4.69, 9.17) is 21.3 Å². The minimum absolute atomic E-state index is 0.0799. The number of hydrogen-bond donors (Lipinski definition) is 3. The zero-order valence-electron chi connectivity index (χ0n) is 21.8. The Labute approximate surface area is 229 Å². The van der Waals surface area contributed by atoms with Gasteiger partial charge in [0.25, 0.3) is 0 Å². The van der Waals surface area contributed by atoms with E-state index in [1.165, 1.54) is 18.2 Å². The summed E-state index contributed by atoms with van der Waals surface area (Å²) in [4.78, 5) is 20.9. The summed E-state index contributed by atoms with van der Waals surface area (Å²) in [5.74, 6) is -1.74. The van der Waals surface area contributed by atoms with E-state index in [2.05, 4.69) is 9.97 Å². The molecule has 2 atom stereocenters. The van der Waals surface area contributed by atoms with E-state index >= 15 is 0 Å². The lowest BCUT2D eigenvalue weighted by molar-refractivity contribution is -0.198. The minimum Gasteiger partial charge on any atom is -0.480 e. The lowest BCUT2D eigenvalue weighted by atomic mass is 9.95. The third-order valence-corrected chi connectivity index (χ3v) is 6.20. The Morgan fingerprint density at radius 1 is 0.975 bits per heavy atom. The van der Waals surface area contributed by atoms with E-state index in [-0.39, 0.29) is 29.5 Å². The number of halogens is 3. The maximum Gasteiger partial charge on any atom is 0.429 e. The molecule has 4 aromatic rings. The maximum atomic E-state index is 14.5. The first-order valence-corrected chi connectivity index (χ1v) is 12.2. The van der Waals surface area contributed by atoms with Gasteiger partial charge in [-0.15, -0.1) is 0 Å². The van der Waals surface area contributed by atoms with Crippen LogP contribution in [0.15, 0.2) is 78.9 Å². The summed E-state index contributed by atoms with van der Waals surface area (Å²) in [6.07, 6.45) is -7.01. The average molecular weight is 552 g/mol. The Balaban J connectivity index is 1.68. The number of nitrogen functional groups attached to an aromatic ring is 1. The Morgan fingerprint density at radius 3 is 2.33 bits per heavy atom. The van der Waals surface area contributed by atoms with Gasteiger partial charge in [0.2, 0.25) is 17.9 Å². The summed E-state index contributed by atoms with van der Waals surface area (Å²) in [6, 6.07) is 20.2. The molecule has 0 radical (unpaired) electrons.